The highest BCUT2D eigenvalue weighted by Crippen LogP contribution is 2.14. The maximum Gasteiger partial charge on any atom is 0.154 e. The Kier molecular flexibility index (Phi) is 3.35. The molecule has 0 aliphatic carbocycles. The lowest BCUT2D eigenvalue weighted by Gasteiger charge is -2.23. The normalized spacial score (nSPS) is 30.3. The number of hydrogen-bond acceptors (Lipinski definition) is 3. The third-order valence-corrected chi connectivity index (χ3v) is 5.04. The van der Waals surface area contributed by atoms with Crippen LogP contribution in [0, 0.1) is 0 Å². The molecule has 1 aliphatic rings. The summed E-state index contributed by atoms with van der Waals surface area (Å²) in [5.41, 5.74) is 0. The molecule has 1 atom stereocenters. The smallest absolute Gasteiger partial charge is 0.154 e. The Morgan fingerprint density at radius 2 is 1.92 bits per heavy atom. The zero-order chi connectivity index (χ0) is 10.1. The molecular formula is C9H19NO2S. The van der Waals surface area contributed by atoms with Crippen molar-refractivity contribution in [2.75, 3.05) is 18.8 Å². The van der Waals surface area contributed by atoms with Gasteiger partial charge >= 0.3 is 0 Å². The Morgan fingerprint density at radius 1 is 1.31 bits per heavy atom. The standard InChI is InChI=1S/C9H19NO2S/c1-8(2)10-5-4-9(3)13(11,12)7-6-10/h8-9H,4-7H2,1-3H3. The SMILES string of the molecule is CC(C)N1CCC(C)S(=O)(=O)CC1. The minimum Gasteiger partial charge on any atom is -0.300 e. The van der Waals surface area contributed by atoms with Crippen LogP contribution >= 0.6 is 0 Å². The summed E-state index contributed by atoms with van der Waals surface area (Å²) in [6.07, 6.45) is 0.778. The molecule has 0 spiro atoms. The highest BCUT2D eigenvalue weighted by Gasteiger charge is 2.26. The molecule has 0 radical (unpaired) electrons. The Hall–Kier alpha value is -0.0900. The zero-order valence-electron chi connectivity index (χ0n) is 8.66. The first-order valence-electron chi connectivity index (χ1n) is 4.89. The van der Waals surface area contributed by atoms with Crippen molar-refractivity contribution >= 4 is 9.84 Å². The molecule has 78 valence electrons. The fourth-order valence-electron chi connectivity index (χ4n) is 1.60. The molecule has 0 bridgehead atoms. The molecule has 4 heteroatoms. The third kappa shape index (κ3) is 2.68. The van der Waals surface area contributed by atoms with Crippen LogP contribution in [-0.2, 0) is 9.84 Å². The Balaban J connectivity index is 2.68. The summed E-state index contributed by atoms with van der Waals surface area (Å²) >= 11 is 0. The maximum absolute atomic E-state index is 11.5. The Bertz CT molecular complexity index is 259. The lowest BCUT2D eigenvalue weighted by molar-refractivity contribution is 0.237. The predicted octanol–water partition coefficient (Wildman–Crippen LogP) is 0.904. The van der Waals surface area contributed by atoms with E-state index in [0.29, 0.717) is 18.3 Å². The summed E-state index contributed by atoms with van der Waals surface area (Å²) in [6.45, 7) is 7.66. The summed E-state index contributed by atoms with van der Waals surface area (Å²) < 4.78 is 23.1. The monoisotopic (exact) mass is 205 g/mol. The summed E-state index contributed by atoms with van der Waals surface area (Å²) in [5, 5.41) is -0.156. The van der Waals surface area contributed by atoms with Crippen molar-refractivity contribution in [2.45, 2.75) is 38.5 Å². The fraction of sp³-hybridized carbons (Fsp3) is 1.00. The summed E-state index contributed by atoms with van der Waals surface area (Å²) in [6, 6.07) is 0.459. The quantitative estimate of drug-likeness (QED) is 0.638. The summed E-state index contributed by atoms with van der Waals surface area (Å²) in [4.78, 5) is 2.24. The molecule has 0 aromatic carbocycles. The van der Waals surface area contributed by atoms with Gasteiger partial charge in [-0.05, 0) is 33.7 Å². The van der Waals surface area contributed by atoms with E-state index in [2.05, 4.69) is 18.7 Å². The Labute approximate surface area is 81.0 Å². The Morgan fingerprint density at radius 3 is 2.46 bits per heavy atom. The zero-order valence-corrected chi connectivity index (χ0v) is 9.47. The molecule has 3 nitrogen and oxygen atoms in total. The summed E-state index contributed by atoms with van der Waals surface area (Å²) in [7, 11) is -2.81. The average Bonchev–Trinajstić information content (AvgIpc) is 2.13. The van der Waals surface area contributed by atoms with Gasteiger partial charge in [-0.15, -0.1) is 0 Å². The van der Waals surface area contributed by atoms with Crippen molar-refractivity contribution in [3.05, 3.63) is 0 Å². The van der Waals surface area contributed by atoms with Gasteiger partial charge in [0.1, 0.15) is 0 Å². The van der Waals surface area contributed by atoms with E-state index < -0.39 is 9.84 Å². The van der Waals surface area contributed by atoms with E-state index >= 15 is 0 Å². The van der Waals surface area contributed by atoms with Gasteiger partial charge in [-0.2, -0.15) is 0 Å². The summed E-state index contributed by atoms with van der Waals surface area (Å²) in [5.74, 6) is 0.326. The second-order valence-electron chi connectivity index (χ2n) is 4.10. The van der Waals surface area contributed by atoms with Crippen molar-refractivity contribution in [1.82, 2.24) is 4.90 Å². The number of sulfone groups is 1. The minimum absolute atomic E-state index is 0.156. The second kappa shape index (κ2) is 3.96. The molecule has 1 rings (SSSR count). The van der Waals surface area contributed by atoms with Crippen molar-refractivity contribution in [1.29, 1.82) is 0 Å². The molecule has 1 fully saturated rings. The van der Waals surface area contributed by atoms with Gasteiger partial charge in [-0.3, -0.25) is 4.90 Å². The lowest BCUT2D eigenvalue weighted by atomic mass is 10.2. The number of rotatable bonds is 1. The molecule has 0 N–H and O–H groups in total. The average molecular weight is 205 g/mol. The molecule has 13 heavy (non-hydrogen) atoms. The van der Waals surface area contributed by atoms with Gasteiger partial charge in [-0.1, -0.05) is 0 Å². The molecule has 1 saturated heterocycles. The van der Waals surface area contributed by atoms with Crippen LogP contribution in [0.3, 0.4) is 0 Å². The van der Waals surface area contributed by atoms with Crippen molar-refractivity contribution in [3.63, 3.8) is 0 Å². The maximum atomic E-state index is 11.5. The topological polar surface area (TPSA) is 37.4 Å². The molecule has 0 saturated carbocycles. The first-order chi connectivity index (χ1) is 5.93. The van der Waals surface area contributed by atoms with E-state index in [1.807, 2.05) is 6.92 Å². The van der Waals surface area contributed by atoms with Gasteiger partial charge in [-0.25, -0.2) is 8.42 Å². The second-order valence-corrected chi connectivity index (χ2v) is 6.63. The molecular weight excluding hydrogens is 186 g/mol. The van der Waals surface area contributed by atoms with Gasteiger partial charge in [0.05, 0.1) is 11.0 Å². The van der Waals surface area contributed by atoms with Crippen LogP contribution in [0.1, 0.15) is 27.2 Å². The largest absolute Gasteiger partial charge is 0.300 e. The van der Waals surface area contributed by atoms with E-state index in [1.165, 1.54) is 0 Å². The van der Waals surface area contributed by atoms with Crippen LogP contribution in [0.2, 0.25) is 0 Å². The van der Waals surface area contributed by atoms with Crippen LogP contribution in [0.5, 0.6) is 0 Å². The predicted molar refractivity (Wildman–Crippen MR) is 54.6 cm³/mol. The molecule has 1 heterocycles. The third-order valence-electron chi connectivity index (χ3n) is 2.83. The van der Waals surface area contributed by atoms with Crippen LogP contribution in [0.4, 0.5) is 0 Å². The van der Waals surface area contributed by atoms with Crippen LogP contribution in [0.15, 0.2) is 0 Å². The van der Waals surface area contributed by atoms with Crippen LogP contribution in [-0.4, -0.2) is 43.5 Å². The van der Waals surface area contributed by atoms with E-state index in [4.69, 9.17) is 0 Å². The van der Waals surface area contributed by atoms with Crippen LogP contribution < -0.4 is 0 Å². The number of nitrogens with zero attached hydrogens (tertiary/aromatic N) is 1. The van der Waals surface area contributed by atoms with Crippen LogP contribution in [0.25, 0.3) is 0 Å². The van der Waals surface area contributed by atoms with E-state index in [0.717, 1.165) is 13.0 Å². The van der Waals surface area contributed by atoms with E-state index in [-0.39, 0.29) is 5.25 Å². The van der Waals surface area contributed by atoms with Gasteiger partial charge in [0.25, 0.3) is 0 Å². The van der Waals surface area contributed by atoms with Crippen molar-refractivity contribution in [3.8, 4) is 0 Å². The molecule has 1 aliphatic heterocycles. The van der Waals surface area contributed by atoms with E-state index in [1.54, 1.807) is 0 Å². The number of hydrogen-bond donors (Lipinski definition) is 0. The molecule has 0 aromatic heterocycles. The van der Waals surface area contributed by atoms with Gasteiger partial charge in [0.15, 0.2) is 9.84 Å². The molecule has 0 aromatic rings. The molecule has 0 amide bonds. The first-order valence-corrected chi connectivity index (χ1v) is 6.60. The fourth-order valence-corrected chi connectivity index (χ4v) is 2.96. The first kappa shape index (κ1) is 11.0. The van der Waals surface area contributed by atoms with Gasteiger partial charge in [0, 0.05) is 12.6 Å². The molecule has 1 unspecified atom stereocenters. The van der Waals surface area contributed by atoms with Crippen molar-refractivity contribution in [2.24, 2.45) is 0 Å². The highest BCUT2D eigenvalue weighted by atomic mass is 32.2. The highest BCUT2D eigenvalue weighted by molar-refractivity contribution is 7.92. The van der Waals surface area contributed by atoms with E-state index in [9.17, 15) is 8.42 Å². The minimum atomic E-state index is -2.81. The van der Waals surface area contributed by atoms with Gasteiger partial charge in [0.2, 0.25) is 0 Å². The van der Waals surface area contributed by atoms with Crippen molar-refractivity contribution < 1.29 is 8.42 Å². The van der Waals surface area contributed by atoms with Gasteiger partial charge < -0.3 is 0 Å². The lowest BCUT2D eigenvalue weighted by Crippen LogP contribution is -2.33.